The molecule has 0 aromatic heterocycles. The highest BCUT2D eigenvalue weighted by atomic mass is 16.5. The first-order valence-corrected chi connectivity index (χ1v) is 8.69. The van der Waals surface area contributed by atoms with Crippen LogP contribution in [0.2, 0.25) is 0 Å². The Morgan fingerprint density at radius 1 is 1.11 bits per heavy atom. The van der Waals surface area contributed by atoms with E-state index in [4.69, 9.17) is 15.2 Å². The van der Waals surface area contributed by atoms with Crippen molar-refractivity contribution in [3.8, 4) is 11.8 Å². The third kappa shape index (κ3) is 3.42. The highest BCUT2D eigenvalue weighted by Crippen LogP contribution is 2.39. The lowest BCUT2D eigenvalue weighted by Crippen LogP contribution is -2.33. The summed E-state index contributed by atoms with van der Waals surface area (Å²) in [6, 6.07) is 17.0. The van der Waals surface area contributed by atoms with Crippen molar-refractivity contribution in [3.63, 3.8) is 0 Å². The summed E-state index contributed by atoms with van der Waals surface area (Å²) < 4.78 is 10.2. The third-order valence-corrected chi connectivity index (χ3v) is 4.71. The number of nitriles is 1. The van der Waals surface area contributed by atoms with E-state index in [0.29, 0.717) is 11.3 Å². The fourth-order valence-corrected chi connectivity index (χ4v) is 3.19. The summed E-state index contributed by atoms with van der Waals surface area (Å²) in [5, 5.41) is 9.86. The Morgan fingerprint density at radius 3 is 2.29 bits per heavy atom. The average molecular weight is 375 g/mol. The maximum atomic E-state index is 12.6. The molecule has 1 unspecified atom stereocenters. The normalized spacial score (nSPS) is 16.3. The Kier molecular flexibility index (Phi) is 5.37. The molecule has 0 saturated heterocycles. The van der Waals surface area contributed by atoms with Crippen molar-refractivity contribution >= 4 is 11.7 Å². The van der Waals surface area contributed by atoms with E-state index in [1.54, 1.807) is 30.3 Å². The summed E-state index contributed by atoms with van der Waals surface area (Å²) in [6.07, 6.45) is 1.64. The van der Waals surface area contributed by atoms with Gasteiger partial charge in [0.2, 0.25) is 0 Å². The molecule has 2 aromatic carbocycles. The van der Waals surface area contributed by atoms with Gasteiger partial charge in [-0.15, -0.1) is 0 Å². The monoisotopic (exact) mass is 375 g/mol. The molecule has 1 atom stereocenters. The van der Waals surface area contributed by atoms with Crippen LogP contribution in [0.1, 0.15) is 17.0 Å². The van der Waals surface area contributed by atoms with Gasteiger partial charge in [0.05, 0.1) is 37.4 Å². The Hall–Kier alpha value is -3.72. The second-order valence-electron chi connectivity index (χ2n) is 6.40. The van der Waals surface area contributed by atoms with Gasteiger partial charge in [0.15, 0.2) is 0 Å². The molecule has 3 rings (SSSR count). The number of carbonyl (C=O) groups is 1. The molecule has 28 heavy (non-hydrogen) atoms. The van der Waals surface area contributed by atoms with Crippen molar-refractivity contribution in [1.29, 1.82) is 5.26 Å². The topological polar surface area (TPSA) is 88.6 Å². The van der Waals surface area contributed by atoms with E-state index in [-0.39, 0.29) is 11.4 Å². The predicted octanol–water partition coefficient (Wildman–Crippen LogP) is 3.36. The number of methoxy groups -OCH3 is 2. The molecule has 6 nitrogen and oxygen atoms in total. The zero-order valence-electron chi connectivity index (χ0n) is 16.0. The van der Waals surface area contributed by atoms with Crippen LogP contribution >= 0.6 is 0 Å². The van der Waals surface area contributed by atoms with E-state index in [1.807, 2.05) is 43.3 Å². The maximum Gasteiger partial charge on any atom is 0.336 e. The number of hydrogen-bond donors (Lipinski definition) is 1. The van der Waals surface area contributed by atoms with Crippen LogP contribution in [0.15, 0.2) is 71.7 Å². The Morgan fingerprint density at radius 2 is 1.75 bits per heavy atom. The molecule has 1 aliphatic rings. The van der Waals surface area contributed by atoms with E-state index in [9.17, 15) is 10.1 Å². The van der Waals surface area contributed by atoms with Gasteiger partial charge in [-0.1, -0.05) is 29.8 Å². The molecular formula is C22H21N3O3. The number of hydrogen-bond acceptors (Lipinski definition) is 6. The molecule has 0 fully saturated rings. The van der Waals surface area contributed by atoms with Crippen LogP contribution in [0.25, 0.3) is 0 Å². The number of anilines is 1. The number of ether oxygens (including phenoxy) is 2. The minimum atomic E-state index is -0.620. The fraction of sp³-hybridized carbons (Fsp3) is 0.182. The number of esters is 1. The molecule has 0 saturated carbocycles. The summed E-state index contributed by atoms with van der Waals surface area (Å²) in [6.45, 7) is 1.98. The Balaban J connectivity index is 2.15. The fourth-order valence-electron chi connectivity index (χ4n) is 3.19. The number of nitrogens with zero attached hydrogens (tertiary/aromatic N) is 2. The van der Waals surface area contributed by atoms with Gasteiger partial charge in [0.1, 0.15) is 11.6 Å². The Labute approximate surface area is 164 Å². The summed E-state index contributed by atoms with van der Waals surface area (Å²) in [5.74, 6) is -0.178. The van der Waals surface area contributed by atoms with Gasteiger partial charge in [-0.25, -0.2) is 4.79 Å². The average Bonchev–Trinajstić information content (AvgIpc) is 2.73. The van der Waals surface area contributed by atoms with E-state index in [2.05, 4.69) is 6.07 Å². The number of aryl methyl sites for hydroxylation is 1. The molecular weight excluding hydrogens is 354 g/mol. The number of allylic oxidation sites excluding steroid dienone is 1. The van der Waals surface area contributed by atoms with Crippen LogP contribution in [0.4, 0.5) is 5.69 Å². The standard InChI is InChI=1S/C22H21N3O3/c1-14-4-8-16(9-5-14)25-13-19(22(26)28-3)20(18(12-23)21(25)24)15-6-10-17(27-2)11-7-15/h4-11,13,20H,24H2,1-3H3. The van der Waals surface area contributed by atoms with E-state index >= 15 is 0 Å². The molecule has 0 aliphatic carbocycles. The van der Waals surface area contributed by atoms with Crippen molar-refractivity contribution in [2.45, 2.75) is 12.8 Å². The first-order valence-electron chi connectivity index (χ1n) is 8.69. The molecule has 0 amide bonds. The summed E-state index contributed by atoms with van der Waals surface area (Å²) in [7, 11) is 2.89. The molecule has 2 N–H and O–H groups in total. The van der Waals surface area contributed by atoms with Gasteiger partial charge in [-0.05, 0) is 36.8 Å². The van der Waals surface area contributed by atoms with Crippen molar-refractivity contribution in [1.82, 2.24) is 0 Å². The number of benzene rings is 2. The smallest absolute Gasteiger partial charge is 0.336 e. The van der Waals surface area contributed by atoms with Crippen molar-refractivity contribution in [2.75, 3.05) is 19.1 Å². The lowest BCUT2D eigenvalue weighted by molar-refractivity contribution is -0.136. The largest absolute Gasteiger partial charge is 0.497 e. The van der Waals surface area contributed by atoms with Gasteiger partial charge in [0.25, 0.3) is 0 Å². The van der Waals surface area contributed by atoms with Crippen LogP contribution in [0, 0.1) is 18.3 Å². The molecule has 6 heteroatoms. The number of nitrogens with two attached hydrogens (primary N) is 1. The SMILES string of the molecule is COC(=O)C1=CN(c2ccc(C)cc2)C(N)=C(C#N)C1c1ccc(OC)cc1. The number of rotatable bonds is 4. The second kappa shape index (κ2) is 7.89. The molecule has 142 valence electrons. The first kappa shape index (κ1) is 19.1. The predicted molar refractivity (Wildman–Crippen MR) is 106 cm³/mol. The van der Waals surface area contributed by atoms with Gasteiger partial charge in [0, 0.05) is 11.9 Å². The summed E-state index contributed by atoms with van der Waals surface area (Å²) in [5.41, 5.74) is 9.57. The van der Waals surface area contributed by atoms with Crippen LogP contribution in [-0.4, -0.2) is 20.2 Å². The van der Waals surface area contributed by atoms with Crippen LogP contribution < -0.4 is 15.4 Å². The zero-order valence-corrected chi connectivity index (χ0v) is 16.0. The first-order chi connectivity index (χ1) is 13.5. The van der Waals surface area contributed by atoms with E-state index < -0.39 is 11.9 Å². The summed E-state index contributed by atoms with van der Waals surface area (Å²) in [4.78, 5) is 14.2. The maximum absolute atomic E-state index is 12.6. The minimum absolute atomic E-state index is 0.278. The Bertz CT molecular complexity index is 983. The second-order valence-corrected chi connectivity index (χ2v) is 6.40. The van der Waals surface area contributed by atoms with Crippen LogP contribution in [0.5, 0.6) is 5.75 Å². The number of carbonyl (C=O) groups excluding carboxylic acids is 1. The van der Waals surface area contributed by atoms with Gasteiger partial charge in [-0.2, -0.15) is 5.26 Å². The highest BCUT2D eigenvalue weighted by Gasteiger charge is 2.35. The molecule has 1 aliphatic heterocycles. The van der Waals surface area contributed by atoms with E-state index in [0.717, 1.165) is 16.8 Å². The lowest BCUT2D eigenvalue weighted by Gasteiger charge is -2.32. The molecule has 2 aromatic rings. The van der Waals surface area contributed by atoms with Crippen molar-refractivity contribution in [2.24, 2.45) is 5.73 Å². The minimum Gasteiger partial charge on any atom is -0.497 e. The zero-order chi connectivity index (χ0) is 20.3. The van der Waals surface area contributed by atoms with Gasteiger partial charge in [-0.3, -0.25) is 0 Å². The van der Waals surface area contributed by atoms with Gasteiger partial charge < -0.3 is 20.1 Å². The lowest BCUT2D eigenvalue weighted by atomic mass is 9.83. The van der Waals surface area contributed by atoms with Gasteiger partial charge >= 0.3 is 5.97 Å². The van der Waals surface area contributed by atoms with Crippen LogP contribution in [0.3, 0.4) is 0 Å². The molecule has 0 spiro atoms. The van der Waals surface area contributed by atoms with Crippen LogP contribution in [-0.2, 0) is 9.53 Å². The van der Waals surface area contributed by atoms with Crippen molar-refractivity contribution < 1.29 is 14.3 Å². The highest BCUT2D eigenvalue weighted by molar-refractivity contribution is 5.93. The third-order valence-electron chi connectivity index (χ3n) is 4.71. The van der Waals surface area contributed by atoms with Crippen molar-refractivity contribution in [3.05, 3.63) is 82.8 Å². The molecule has 0 bridgehead atoms. The molecule has 1 heterocycles. The summed E-state index contributed by atoms with van der Waals surface area (Å²) >= 11 is 0. The van der Waals surface area contributed by atoms with E-state index in [1.165, 1.54) is 7.11 Å². The quantitative estimate of drug-likeness (QED) is 0.825. The molecule has 0 radical (unpaired) electrons.